The van der Waals surface area contributed by atoms with E-state index < -0.39 is 16.3 Å². The standard InChI is InChI=1S/C14H28N2O7/c1-2-3-4-5-6-7-8-9-10-11-12-14(13-21-15(17)18)22-23-16(19)20/h14H,2-13H2,1H3. The Bertz CT molecular complexity index is 298. The van der Waals surface area contributed by atoms with Crippen LogP contribution in [0.15, 0.2) is 0 Å². The highest BCUT2D eigenvalue weighted by Gasteiger charge is 2.14. The number of rotatable bonds is 17. The summed E-state index contributed by atoms with van der Waals surface area (Å²) < 4.78 is 0. The van der Waals surface area contributed by atoms with Crippen molar-refractivity contribution >= 4 is 0 Å². The highest BCUT2D eigenvalue weighted by molar-refractivity contribution is 4.55. The lowest BCUT2D eigenvalue weighted by Gasteiger charge is -2.13. The normalized spacial score (nSPS) is 11.9. The fourth-order valence-electron chi connectivity index (χ4n) is 2.26. The van der Waals surface area contributed by atoms with Gasteiger partial charge in [-0.2, -0.15) is 4.89 Å². The summed E-state index contributed by atoms with van der Waals surface area (Å²) in [5, 5.41) is 18.1. The summed E-state index contributed by atoms with van der Waals surface area (Å²) in [4.78, 5) is 32.7. The summed E-state index contributed by atoms with van der Waals surface area (Å²) in [6.45, 7) is 1.82. The summed E-state index contributed by atoms with van der Waals surface area (Å²) in [6.07, 6.45) is 11.2. The third-order valence-electron chi connectivity index (χ3n) is 3.49. The maximum absolute atomic E-state index is 10.1. The molecule has 0 spiro atoms. The Morgan fingerprint density at radius 1 is 0.826 bits per heavy atom. The van der Waals surface area contributed by atoms with E-state index >= 15 is 0 Å². The van der Waals surface area contributed by atoms with Crippen LogP contribution in [0, 0.1) is 20.2 Å². The topological polar surface area (TPSA) is 114 Å². The molecule has 0 bridgehead atoms. The first-order valence-electron chi connectivity index (χ1n) is 8.31. The van der Waals surface area contributed by atoms with Crippen LogP contribution in [-0.2, 0) is 14.7 Å². The van der Waals surface area contributed by atoms with E-state index in [1.165, 1.54) is 38.5 Å². The molecule has 0 aromatic heterocycles. The zero-order chi connectivity index (χ0) is 17.3. The van der Waals surface area contributed by atoms with Crippen molar-refractivity contribution in [3.05, 3.63) is 20.2 Å². The maximum Gasteiger partial charge on any atom is 0.322 e. The van der Waals surface area contributed by atoms with Crippen molar-refractivity contribution in [2.75, 3.05) is 6.61 Å². The molecule has 0 aromatic rings. The lowest BCUT2D eigenvalue weighted by atomic mass is 10.0. The van der Waals surface area contributed by atoms with Crippen molar-refractivity contribution in [1.82, 2.24) is 0 Å². The molecule has 0 amide bonds. The van der Waals surface area contributed by atoms with Crippen molar-refractivity contribution in [1.29, 1.82) is 0 Å². The van der Waals surface area contributed by atoms with Crippen molar-refractivity contribution in [2.24, 2.45) is 0 Å². The van der Waals surface area contributed by atoms with Crippen LogP contribution >= 0.6 is 0 Å². The molecule has 0 fully saturated rings. The van der Waals surface area contributed by atoms with Gasteiger partial charge in [-0.3, -0.25) is 0 Å². The maximum atomic E-state index is 10.1. The molecule has 23 heavy (non-hydrogen) atoms. The molecule has 0 radical (unpaired) electrons. The molecule has 0 aliphatic carbocycles. The number of hydrogen-bond acceptors (Lipinski definition) is 7. The summed E-state index contributed by atoms with van der Waals surface area (Å²) in [5.41, 5.74) is 0. The van der Waals surface area contributed by atoms with E-state index in [9.17, 15) is 20.2 Å². The molecule has 0 saturated carbocycles. The molecule has 0 aromatic carbocycles. The second kappa shape index (κ2) is 15.3. The first-order valence-corrected chi connectivity index (χ1v) is 8.31. The van der Waals surface area contributed by atoms with Gasteiger partial charge in [-0.05, 0) is 6.42 Å². The largest absolute Gasteiger partial charge is 0.322 e. The van der Waals surface area contributed by atoms with Gasteiger partial charge in [-0.1, -0.05) is 71.1 Å². The van der Waals surface area contributed by atoms with Gasteiger partial charge in [0.2, 0.25) is 0 Å². The van der Waals surface area contributed by atoms with Crippen LogP contribution in [0.2, 0.25) is 0 Å². The van der Waals surface area contributed by atoms with Crippen LogP contribution in [0.1, 0.15) is 77.6 Å². The zero-order valence-corrected chi connectivity index (χ0v) is 13.8. The van der Waals surface area contributed by atoms with Gasteiger partial charge in [0, 0.05) is 0 Å². The summed E-state index contributed by atoms with van der Waals surface area (Å²) in [5.74, 6) is 0. The fraction of sp³-hybridized carbons (Fsp3) is 1.00. The lowest BCUT2D eigenvalue weighted by Crippen LogP contribution is -2.23. The predicted molar refractivity (Wildman–Crippen MR) is 82.4 cm³/mol. The Labute approximate surface area is 136 Å². The quantitative estimate of drug-likeness (QED) is 0.170. The Morgan fingerprint density at radius 3 is 1.83 bits per heavy atom. The third kappa shape index (κ3) is 16.6. The molecule has 136 valence electrons. The van der Waals surface area contributed by atoms with Gasteiger partial charge >= 0.3 is 5.09 Å². The minimum absolute atomic E-state index is 0.377. The van der Waals surface area contributed by atoms with Gasteiger partial charge in [-0.15, -0.1) is 25.2 Å². The minimum Gasteiger partial charge on any atom is -0.311 e. The van der Waals surface area contributed by atoms with Crippen molar-refractivity contribution in [3.63, 3.8) is 0 Å². The van der Waals surface area contributed by atoms with Crippen LogP contribution in [0.4, 0.5) is 0 Å². The van der Waals surface area contributed by atoms with E-state index in [0.29, 0.717) is 6.42 Å². The second-order valence-electron chi connectivity index (χ2n) is 5.51. The number of unbranched alkanes of at least 4 members (excludes halogenated alkanes) is 9. The monoisotopic (exact) mass is 336 g/mol. The summed E-state index contributed by atoms with van der Waals surface area (Å²) >= 11 is 0. The molecule has 0 N–H and O–H groups in total. The summed E-state index contributed by atoms with van der Waals surface area (Å²) in [6, 6.07) is 0. The van der Waals surface area contributed by atoms with Crippen LogP contribution in [0.3, 0.4) is 0 Å². The molecule has 0 aliphatic rings. The van der Waals surface area contributed by atoms with E-state index in [1.807, 2.05) is 0 Å². The molecule has 1 unspecified atom stereocenters. The molecule has 0 aliphatic heterocycles. The SMILES string of the molecule is CCCCCCCCCCCCC(CO[N+](=O)[O-])OO[N+](=O)[O-]. The van der Waals surface area contributed by atoms with E-state index in [-0.39, 0.29) is 6.61 Å². The highest BCUT2D eigenvalue weighted by Crippen LogP contribution is 2.13. The number of hydrogen-bond donors (Lipinski definition) is 0. The van der Waals surface area contributed by atoms with E-state index in [4.69, 9.17) is 0 Å². The molecular formula is C14H28N2O7. The Kier molecular flexibility index (Phi) is 14.2. The second-order valence-corrected chi connectivity index (χ2v) is 5.51. The van der Waals surface area contributed by atoms with Crippen molar-refractivity contribution < 1.29 is 24.9 Å². The fourth-order valence-corrected chi connectivity index (χ4v) is 2.26. The van der Waals surface area contributed by atoms with Crippen LogP contribution in [0.25, 0.3) is 0 Å². The average Bonchev–Trinajstić information content (AvgIpc) is 2.50. The first-order chi connectivity index (χ1) is 11.1. The number of nitrogens with zero attached hydrogens (tertiary/aromatic N) is 2. The molecule has 0 heterocycles. The predicted octanol–water partition coefficient (Wildman–Crippen LogP) is 4.01. The van der Waals surface area contributed by atoms with Gasteiger partial charge in [0.05, 0.1) is 0 Å². The Morgan fingerprint density at radius 2 is 1.35 bits per heavy atom. The van der Waals surface area contributed by atoms with Gasteiger partial charge in [0.25, 0.3) is 5.09 Å². The highest BCUT2D eigenvalue weighted by atomic mass is 17.3. The molecular weight excluding hydrogens is 308 g/mol. The minimum atomic E-state index is -1.10. The first kappa shape index (κ1) is 21.4. The average molecular weight is 336 g/mol. The molecule has 0 saturated heterocycles. The molecule has 1 atom stereocenters. The molecule has 0 rings (SSSR count). The Hall–Kier alpha value is -1.64. The Balaban J connectivity index is 3.60. The van der Waals surface area contributed by atoms with E-state index in [0.717, 1.165) is 25.7 Å². The molecule has 9 nitrogen and oxygen atoms in total. The van der Waals surface area contributed by atoms with E-state index in [1.54, 1.807) is 0 Å². The van der Waals surface area contributed by atoms with Gasteiger partial charge in [-0.25, -0.2) is 0 Å². The van der Waals surface area contributed by atoms with Gasteiger partial charge < -0.3 is 4.84 Å². The third-order valence-corrected chi connectivity index (χ3v) is 3.49. The van der Waals surface area contributed by atoms with Crippen LogP contribution in [-0.4, -0.2) is 22.9 Å². The van der Waals surface area contributed by atoms with Gasteiger partial charge in [0.15, 0.2) is 0 Å². The van der Waals surface area contributed by atoms with Crippen molar-refractivity contribution in [2.45, 2.75) is 83.7 Å². The van der Waals surface area contributed by atoms with Gasteiger partial charge in [0.1, 0.15) is 12.7 Å². The van der Waals surface area contributed by atoms with Crippen LogP contribution in [0.5, 0.6) is 0 Å². The summed E-state index contributed by atoms with van der Waals surface area (Å²) in [7, 11) is 0. The van der Waals surface area contributed by atoms with Crippen LogP contribution < -0.4 is 0 Å². The van der Waals surface area contributed by atoms with E-state index in [2.05, 4.69) is 21.6 Å². The zero-order valence-electron chi connectivity index (χ0n) is 13.8. The smallest absolute Gasteiger partial charge is 0.311 e. The molecule has 9 heteroatoms. The van der Waals surface area contributed by atoms with Crippen molar-refractivity contribution in [3.8, 4) is 0 Å². The lowest BCUT2D eigenvalue weighted by molar-refractivity contribution is -0.857.